The lowest BCUT2D eigenvalue weighted by Gasteiger charge is -2.06. The molecule has 1 aliphatic carbocycles. The molecule has 82 valence electrons. The molecule has 1 aromatic rings. The van der Waals surface area contributed by atoms with Crippen LogP contribution in [0, 0.1) is 25.2 Å². The zero-order valence-corrected chi connectivity index (χ0v) is 10.2. The Morgan fingerprint density at radius 3 is 2.07 bits per heavy atom. The monoisotopic (exact) mass is 203 g/mol. The van der Waals surface area contributed by atoms with Gasteiger partial charge in [-0.3, -0.25) is 0 Å². The van der Waals surface area contributed by atoms with E-state index in [2.05, 4.69) is 45.9 Å². The van der Waals surface area contributed by atoms with Gasteiger partial charge in [-0.2, -0.15) is 0 Å². The number of aryl methyl sites for hydroxylation is 2. The Morgan fingerprint density at radius 1 is 1.13 bits per heavy atom. The highest BCUT2D eigenvalue weighted by Gasteiger charge is 2.57. The number of nitrogens with two attached hydrogens (primary N) is 1. The zero-order valence-electron chi connectivity index (χ0n) is 10.2. The number of benzene rings is 1. The van der Waals surface area contributed by atoms with Crippen LogP contribution in [0.1, 0.15) is 36.5 Å². The maximum absolute atomic E-state index is 5.81. The molecule has 2 unspecified atom stereocenters. The lowest BCUT2D eigenvalue weighted by Crippen LogP contribution is -2.05. The van der Waals surface area contributed by atoms with Gasteiger partial charge >= 0.3 is 0 Å². The summed E-state index contributed by atoms with van der Waals surface area (Å²) in [6, 6.07) is 6.86. The summed E-state index contributed by atoms with van der Waals surface area (Å²) >= 11 is 0. The van der Waals surface area contributed by atoms with E-state index in [0.29, 0.717) is 17.3 Å². The van der Waals surface area contributed by atoms with E-state index in [1.165, 1.54) is 16.7 Å². The molecule has 1 aliphatic rings. The summed E-state index contributed by atoms with van der Waals surface area (Å²) in [7, 11) is 0. The third-order valence-corrected chi connectivity index (χ3v) is 3.91. The van der Waals surface area contributed by atoms with Crippen molar-refractivity contribution in [3.63, 3.8) is 0 Å². The largest absolute Gasteiger partial charge is 0.330 e. The first-order chi connectivity index (χ1) is 6.96. The van der Waals surface area contributed by atoms with Gasteiger partial charge in [-0.1, -0.05) is 43.2 Å². The van der Waals surface area contributed by atoms with Crippen molar-refractivity contribution in [3.8, 4) is 0 Å². The van der Waals surface area contributed by atoms with Gasteiger partial charge in [0.05, 0.1) is 0 Å². The summed E-state index contributed by atoms with van der Waals surface area (Å²) in [5.41, 5.74) is 10.4. The number of hydrogen-bond donors (Lipinski definition) is 1. The minimum atomic E-state index is 0.398. The molecule has 2 N–H and O–H groups in total. The maximum atomic E-state index is 5.81. The Hall–Kier alpha value is -0.820. The second-order valence-corrected chi connectivity index (χ2v) is 5.56. The molecule has 0 heterocycles. The van der Waals surface area contributed by atoms with Gasteiger partial charge in [0.25, 0.3) is 0 Å². The molecule has 0 radical (unpaired) electrons. The summed E-state index contributed by atoms with van der Waals surface area (Å²) < 4.78 is 0. The lowest BCUT2D eigenvalue weighted by atomic mass is 9.99. The number of rotatable bonds is 2. The minimum absolute atomic E-state index is 0.398. The summed E-state index contributed by atoms with van der Waals surface area (Å²) in [5.74, 6) is 1.33. The Kier molecular flexibility index (Phi) is 2.38. The summed E-state index contributed by atoms with van der Waals surface area (Å²) in [6.45, 7) is 9.80. The average Bonchev–Trinajstić information content (AvgIpc) is 2.66. The van der Waals surface area contributed by atoms with Gasteiger partial charge in [0, 0.05) is 0 Å². The van der Waals surface area contributed by atoms with Crippen LogP contribution in [-0.2, 0) is 0 Å². The summed E-state index contributed by atoms with van der Waals surface area (Å²) in [4.78, 5) is 0. The van der Waals surface area contributed by atoms with Gasteiger partial charge in [0.15, 0.2) is 0 Å². The Bertz CT molecular complexity index is 359. The van der Waals surface area contributed by atoms with Gasteiger partial charge in [0.1, 0.15) is 0 Å². The first-order valence-corrected chi connectivity index (χ1v) is 5.75. The molecule has 2 rings (SSSR count). The molecule has 0 spiro atoms. The molecule has 1 saturated carbocycles. The molecule has 1 fully saturated rings. The predicted octanol–water partition coefficient (Wildman–Crippen LogP) is 3.00. The molecule has 15 heavy (non-hydrogen) atoms. The second kappa shape index (κ2) is 3.34. The fourth-order valence-corrected chi connectivity index (χ4v) is 3.04. The van der Waals surface area contributed by atoms with Crippen molar-refractivity contribution in [2.45, 2.75) is 33.6 Å². The van der Waals surface area contributed by atoms with Crippen LogP contribution in [0.4, 0.5) is 0 Å². The molecular weight excluding hydrogens is 182 g/mol. The van der Waals surface area contributed by atoms with Gasteiger partial charge in [-0.15, -0.1) is 0 Å². The van der Waals surface area contributed by atoms with E-state index in [-0.39, 0.29) is 0 Å². The highest BCUT2D eigenvalue weighted by atomic mass is 14.7. The highest BCUT2D eigenvalue weighted by Crippen LogP contribution is 2.63. The third-order valence-electron chi connectivity index (χ3n) is 3.91. The van der Waals surface area contributed by atoms with E-state index in [1.807, 2.05) is 0 Å². The highest BCUT2D eigenvalue weighted by molar-refractivity contribution is 5.37. The SMILES string of the molecule is Cc1cc(C)cc(C2C(CN)C2(C)C)c1. The van der Waals surface area contributed by atoms with Crippen LogP contribution in [0.25, 0.3) is 0 Å². The van der Waals surface area contributed by atoms with Crippen LogP contribution in [-0.4, -0.2) is 6.54 Å². The van der Waals surface area contributed by atoms with Crippen LogP contribution in [0.2, 0.25) is 0 Å². The molecule has 1 heteroatoms. The van der Waals surface area contributed by atoms with E-state index in [1.54, 1.807) is 0 Å². The van der Waals surface area contributed by atoms with Gasteiger partial charge < -0.3 is 5.73 Å². The molecule has 0 saturated heterocycles. The molecule has 0 aliphatic heterocycles. The molecular formula is C14H21N. The van der Waals surface area contributed by atoms with Gasteiger partial charge in [0.2, 0.25) is 0 Å². The standard InChI is InChI=1S/C14H21N/c1-9-5-10(2)7-11(6-9)13-12(8-15)14(13,3)4/h5-7,12-13H,8,15H2,1-4H3. The summed E-state index contributed by atoms with van der Waals surface area (Å²) in [6.07, 6.45) is 0. The lowest BCUT2D eigenvalue weighted by molar-refractivity contribution is 0.558. The molecule has 1 nitrogen and oxygen atoms in total. The van der Waals surface area contributed by atoms with E-state index in [0.717, 1.165) is 6.54 Å². The zero-order chi connectivity index (χ0) is 11.2. The third kappa shape index (κ3) is 1.69. The van der Waals surface area contributed by atoms with Crippen LogP contribution in [0.5, 0.6) is 0 Å². The Morgan fingerprint density at radius 2 is 1.67 bits per heavy atom. The van der Waals surface area contributed by atoms with Crippen molar-refractivity contribution in [1.82, 2.24) is 0 Å². The van der Waals surface area contributed by atoms with Crippen molar-refractivity contribution >= 4 is 0 Å². The predicted molar refractivity (Wildman–Crippen MR) is 65.0 cm³/mol. The van der Waals surface area contributed by atoms with E-state index in [9.17, 15) is 0 Å². The molecule has 2 atom stereocenters. The van der Waals surface area contributed by atoms with Crippen molar-refractivity contribution in [1.29, 1.82) is 0 Å². The molecule has 0 aromatic heterocycles. The van der Waals surface area contributed by atoms with Crippen molar-refractivity contribution in [2.24, 2.45) is 17.1 Å². The first kappa shape index (κ1) is 10.7. The molecule has 0 bridgehead atoms. The fourth-order valence-electron chi connectivity index (χ4n) is 3.04. The van der Waals surface area contributed by atoms with E-state index < -0.39 is 0 Å². The Balaban J connectivity index is 2.32. The van der Waals surface area contributed by atoms with Crippen LogP contribution in [0.15, 0.2) is 18.2 Å². The van der Waals surface area contributed by atoms with Crippen LogP contribution < -0.4 is 5.73 Å². The fraction of sp³-hybridized carbons (Fsp3) is 0.571. The van der Waals surface area contributed by atoms with Crippen molar-refractivity contribution in [2.75, 3.05) is 6.54 Å². The van der Waals surface area contributed by atoms with Gasteiger partial charge in [-0.25, -0.2) is 0 Å². The number of hydrogen-bond acceptors (Lipinski definition) is 1. The minimum Gasteiger partial charge on any atom is -0.330 e. The maximum Gasteiger partial charge on any atom is -0.00375 e. The van der Waals surface area contributed by atoms with Crippen LogP contribution >= 0.6 is 0 Å². The van der Waals surface area contributed by atoms with E-state index >= 15 is 0 Å². The van der Waals surface area contributed by atoms with Crippen LogP contribution in [0.3, 0.4) is 0 Å². The quantitative estimate of drug-likeness (QED) is 0.785. The smallest absolute Gasteiger partial charge is 0.00375 e. The molecule has 0 amide bonds. The average molecular weight is 203 g/mol. The summed E-state index contributed by atoms with van der Waals surface area (Å²) in [5, 5.41) is 0. The topological polar surface area (TPSA) is 26.0 Å². The Labute approximate surface area is 92.7 Å². The molecule has 1 aromatic carbocycles. The van der Waals surface area contributed by atoms with Crippen molar-refractivity contribution in [3.05, 3.63) is 34.9 Å². The second-order valence-electron chi connectivity index (χ2n) is 5.56. The first-order valence-electron chi connectivity index (χ1n) is 5.75. The van der Waals surface area contributed by atoms with Gasteiger partial charge in [-0.05, 0) is 43.2 Å². The van der Waals surface area contributed by atoms with E-state index in [4.69, 9.17) is 5.73 Å². The van der Waals surface area contributed by atoms with Crippen molar-refractivity contribution < 1.29 is 0 Å². The normalized spacial score (nSPS) is 27.8.